The lowest BCUT2D eigenvalue weighted by atomic mass is 9.97. The van der Waals surface area contributed by atoms with Crippen molar-refractivity contribution in [2.75, 3.05) is 23.3 Å². The smallest absolute Gasteiger partial charge is 0.231 e. The van der Waals surface area contributed by atoms with Crippen LogP contribution in [0, 0.1) is 5.92 Å². The number of nitrogens with zero attached hydrogens (tertiary/aromatic N) is 4. The number of carbonyl (C=O) groups is 1. The average molecular weight is 341 g/mol. The number of anilines is 2. The Morgan fingerprint density at radius 2 is 2.25 bits per heavy atom. The lowest BCUT2D eigenvalue weighted by Crippen LogP contribution is -2.41. The summed E-state index contributed by atoms with van der Waals surface area (Å²) in [6.45, 7) is 1.62. The second-order valence-electron chi connectivity index (χ2n) is 6.07. The van der Waals surface area contributed by atoms with Crippen LogP contribution in [0.2, 0.25) is 0 Å². The molecule has 1 amide bonds. The number of aromatic nitrogens is 3. The van der Waals surface area contributed by atoms with Gasteiger partial charge in [-0.2, -0.15) is 0 Å². The lowest BCUT2D eigenvalue weighted by molar-refractivity contribution is -0.120. The van der Waals surface area contributed by atoms with E-state index in [1.807, 2.05) is 30.6 Å². The van der Waals surface area contributed by atoms with Crippen molar-refractivity contribution < 1.29 is 4.79 Å². The number of rotatable bonds is 3. The minimum absolute atomic E-state index is 0.0394. The van der Waals surface area contributed by atoms with Crippen LogP contribution in [0.15, 0.2) is 35.8 Å². The van der Waals surface area contributed by atoms with Gasteiger partial charge in [-0.1, -0.05) is 12.1 Å². The van der Waals surface area contributed by atoms with Crippen LogP contribution in [-0.4, -0.2) is 33.5 Å². The van der Waals surface area contributed by atoms with Crippen molar-refractivity contribution >= 4 is 39.4 Å². The maximum atomic E-state index is 12.5. The number of piperidine rings is 1. The number of nitrogens with one attached hydrogen (secondary N) is 1. The van der Waals surface area contributed by atoms with Crippen LogP contribution in [0.3, 0.4) is 0 Å². The van der Waals surface area contributed by atoms with Crippen LogP contribution in [0.25, 0.3) is 11.0 Å². The van der Waals surface area contributed by atoms with Gasteiger partial charge in [0.25, 0.3) is 0 Å². The van der Waals surface area contributed by atoms with Gasteiger partial charge in [0.15, 0.2) is 5.13 Å². The number of carbonyl (C=O) groups excluding carboxylic acids is 1. The molecule has 24 heavy (non-hydrogen) atoms. The van der Waals surface area contributed by atoms with Gasteiger partial charge < -0.3 is 14.8 Å². The summed E-state index contributed by atoms with van der Waals surface area (Å²) >= 11 is 1.44. The monoisotopic (exact) mass is 341 g/mol. The highest BCUT2D eigenvalue weighted by atomic mass is 32.1. The van der Waals surface area contributed by atoms with Crippen LogP contribution < -0.4 is 10.2 Å². The van der Waals surface area contributed by atoms with Gasteiger partial charge >= 0.3 is 0 Å². The molecule has 0 unspecified atom stereocenters. The minimum Gasteiger partial charge on any atom is -0.341 e. The van der Waals surface area contributed by atoms with Gasteiger partial charge in [0, 0.05) is 31.7 Å². The molecule has 1 aliphatic heterocycles. The van der Waals surface area contributed by atoms with Crippen molar-refractivity contribution in [1.29, 1.82) is 0 Å². The van der Waals surface area contributed by atoms with E-state index in [0.29, 0.717) is 11.7 Å². The number of imidazole rings is 1. The third kappa shape index (κ3) is 2.75. The molecule has 0 saturated carbocycles. The van der Waals surface area contributed by atoms with Crippen molar-refractivity contribution in [3.8, 4) is 0 Å². The summed E-state index contributed by atoms with van der Waals surface area (Å²) in [5.74, 6) is 0.943. The molecule has 0 radical (unpaired) electrons. The summed E-state index contributed by atoms with van der Waals surface area (Å²) in [4.78, 5) is 23.6. The molecule has 3 aromatic rings. The molecule has 1 aromatic carbocycles. The summed E-state index contributed by atoms with van der Waals surface area (Å²) in [6.07, 6.45) is 3.59. The van der Waals surface area contributed by atoms with E-state index < -0.39 is 0 Å². The quantitative estimate of drug-likeness (QED) is 0.796. The first-order valence-electron chi connectivity index (χ1n) is 8.09. The predicted molar refractivity (Wildman–Crippen MR) is 96.4 cm³/mol. The van der Waals surface area contributed by atoms with E-state index in [-0.39, 0.29) is 11.8 Å². The third-order valence-corrected chi connectivity index (χ3v) is 5.19. The van der Waals surface area contributed by atoms with Crippen molar-refractivity contribution in [2.24, 2.45) is 13.0 Å². The van der Waals surface area contributed by atoms with Crippen molar-refractivity contribution in [3.05, 3.63) is 35.8 Å². The van der Waals surface area contributed by atoms with Gasteiger partial charge in [-0.15, -0.1) is 11.3 Å². The molecule has 0 aliphatic carbocycles. The Labute approximate surface area is 144 Å². The molecule has 1 saturated heterocycles. The fraction of sp³-hybridized carbons (Fsp3) is 0.353. The van der Waals surface area contributed by atoms with Crippen molar-refractivity contribution in [3.63, 3.8) is 0 Å². The summed E-state index contributed by atoms with van der Waals surface area (Å²) < 4.78 is 2.11. The molecule has 1 fully saturated rings. The molecule has 6 nitrogen and oxygen atoms in total. The van der Waals surface area contributed by atoms with Gasteiger partial charge in [0.2, 0.25) is 11.9 Å². The molecular weight excluding hydrogens is 322 g/mol. The molecule has 0 bridgehead atoms. The molecule has 7 heteroatoms. The van der Waals surface area contributed by atoms with Gasteiger partial charge in [-0.05, 0) is 25.0 Å². The minimum atomic E-state index is -0.0394. The zero-order valence-corrected chi connectivity index (χ0v) is 14.3. The second-order valence-corrected chi connectivity index (χ2v) is 6.97. The van der Waals surface area contributed by atoms with E-state index >= 15 is 0 Å². The maximum absolute atomic E-state index is 12.5. The van der Waals surface area contributed by atoms with Crippen LogP contribution in [-0.2, 0) is 11.8 Å². The normalized spacial score (nSPS) is 18.0. The van der Waals surface area contributed by atoms with E-state index in [1.165, 1.54) is 11.3 Å². The zero-order chi connectivity index (χ0) is 16.5. The first-order valence-corrected chi connectivity index (χ1v) is 8.97. The van der Waals surface area contributed by atoms with E-state index in [2.05, 4.69) is 25.8 Å². The highest BCUT2D eigenvalue weighted by Gasteiger charge is 2.28. The van der Waals surface area contributed by atoms with E-state index in [4.69, 9.17) is 4.98 Å². The molecule has 1 atom stereocenters. The summed E-state index contributed by atoms with van der Waals surface area (Å²) in [5.41, 5.74) is 2.10. The fourth-order valence-electron chi connectivity index (χ4n) is 3.28. The van der Waals surface area contributed by atoms with Gasteiger partial charge in [-0.25, -0.2) is 9.97 Å². The Balaban J connectivity index is 1.53. The molecule has 1 N–H and O–H groups in total. The number of benzene rings is 1. The standard InChI is InChI=1S/C17H19N5OS/c1-21-14-7-3-2-6-13(14)19-17(21)22-9-4-5-12(11-22)15(23)20-16-18-8-10-24-16/h2-3,6-8,10,12H,4-5,9,11H2,1H3,(H,18,20,23)/t12-/m0/s1. The molecular formula is C17H19N5OS. The Morgan fingerprint density at radius 3 is 3.04 bits per heavy atom. The first-order chi connectivity index (χ1) is 11.7. The molecule has 124 valence electrons. The van der Waals surface area contributed by atoms with Crippen LogP contribution >= 0.6 is 11.3 Å². The third-order valence-electron chi connectivity index (χ3n) is 4.50. The predicted octanol–water partition coefficient (Wildman–Crippen LogP) is 2.88. The van der Waals surface area contributed by atoms with Gasteiger partial charge in [-0.3, -0.25) is 4.79 Å². The lowest BCUT2D eigenvalue weighted by Gasteiger charge is -2.32. The molecule has 4 rings (SSSR count). The van der Waals surface area contributed by atoms with Crippen LogP contribution in [0.4, 0.5) is 11.1 Å². The van der Waals surface area contributed by atoms with Gasteiger partial charge in [0.05, 0.1) is 17.0 Å². The SMILES string of the molecule is Cn1c(N2CCC[C@H](C(=O)Nc3nccs3)C2)nc2ccccc21. The number of thiazole rings is 1. The topological polar surface area (TPSA) is 63.1 Å². The molecule has 3 heterocycles. The van der Waals surface area contributed by atoms with Crippen LogP contribution in [0.5, 0.6) is 0 Å². The molecule has 0 spiro atoms. The molecule has 1 aliphatic rings. The largest absolute Gasteiger partial charge is 0.341 e. The molecule has 2 aromatic heterocycles. The Hall–Kier alpha value is -2.41. The van der Waals surface area contributed by atoms with E-state index in [9.17, 15) is 4.79 Å². The van der Waals surface area contributed by atoms with Crippen LogP contribution in [0.1, 0.15) is 12.8 Å². The number of hydrogen-bond donors (Lipinski definition) is 1. The number of para-hydroxylation sites is 2. The van der Waals surface area contributed by atoms with Crippen molar-refractivity contribution in [2.45, 2.75) is 12.8 Å². The summed E-state index contributed by atoms with van der Waals surface area (Å²) in [5, 5.41) is 5.45. The summed E-state index contributed by atoms with van der Waals surface area (Å²) in [6, 6.07) is 8.12. The summed E-state index contributed by atoms with van der Waals surface area (Å²) in [7, 11) is 2.03. The Kier molecular flexibility index (Phi) is 3.93. The Morgan fingerprint density at radius 1 is 1.38 bits per heavy atom. The number of fused-ring (bicyclic) bond motifs is 1. The second kappa shape index (κ2) is 6.24. The van der Waals surface area contributed by atoms with Gasteiger partial charge in [0.1, 0.15) is 0 Å². The van der Waals surface area contributed by atoms with E-state index in [0.717, 1.165) is 36.4 Å². The number of hydrogen-bond acceptors (Lipinski definition) is 5. The number of amides is 1. The highest BCUT2D eigenvalue weighted by Crippen LogP contribution is 2.26. The van der Waals surface area contributed by atoms with Crippen molar-refractivity contribution in [1.82, 2.24) is 14.5 Å². The highest BCUT2D eigenvalue weighted by molar-refractivity contribution is 7.13. The Bertz CT molecular complexity index is 857. The average Bonchev–Trinajstić information content (AvgIpc) is 3.23. The van der Waals surface area contributed by atoms with E-state index in [1.54, 1.807) is 6.20 Å². The zero-order valence-electron chi connectivity index (χ0n) is 13.5. The maximum Gasteiger partial charge on any atom is 0.231 e. The number of aryl methyl sites for hydroxylation is 1. The fourth-order valence-corrected chi connectivity index (χ4v) is 3.81. The first kappa shape index (κ1) is 15.1.